The van der Waals surface area contributed by atoms with Gasteiger partial charge in [0.05, 0.1) is 14.2 Å². The molecule has 1 aliphatic carbocycles. The zero-order valence-corrected chi connectivity index (χ0v) is 17.1. The minimum atomic E-state index is 0.841. The quantitative estimate of drug-likeness (QED) is 0.340. The molecule has 2 nitrogen and oxygen atoms in total. The van der Waals surface area contributed by atoms with Crippen molar-refractivity contribution < 1.29 is 9.47 Å². The highest BCUT2D eigenvalue weighted by Crippen LogP contribution is 2.50. The van der Waals surface area contributed by atoms with Crippen LogP contribution in [0.25, 0.3) is 22.3 Å². The van der Waals surface area contributed by atoms with Gasteiger partial charge in [-0.2, -0.15) is 0 Å². The predicted octanol–water partition coefficient (Wildman–Crippen LogP) is 6.69. The van der Waals surface area contributed by atoms with Gasteiger partial charge >= 0.3 is 0 Å². The van der Waals surface area contributed by atoms with Gasteiger partial charge in [0.25, 0.3) is 0 Å². The van der Waals surface area contributed by atoms with Gasteiger partial charge < -0.3 is 9.47 Å². The molecule has 0 N–H and O–H groups in total. The Balaban J connectivity index is 1.96. The monoisotopic (exact) mass is 390 g/mol. The summed E-state index contributed by atoms with van der Waals surface area (Å²) in [6.07, 6.45) is 0. The minimum absolute atomic E-state index is 0.841. The maximum absolute atomic E-state index is 5.78. The molecule has 0 fully saturated rings. The third-order valence-electron chi connectivity index (χ3n) is 5.69. The Kier molecular flexibility index (Phi) is 4.61. The maximum Gasteiger partial charge on any atom is 0.126 e. The summed E-state index contributed by atoms with van der Waals surface area (Å²) in [5.74, 6) is 1.68. The smallest absolute Gasteiger partial charge is 0.126 e. The zero-order chi connectivity index (χ0) is 20.5. The molecular weight excluding hydrogens is 368 g/mol. The summed E-state index contributed by atoms with van der Waals surface area (Å²) < 4.78 is 11.6. The molecule has 2 heteroatoms. The van der Waals surface area contributed by atoms with E-state index < -0.39 is 0 Å². The van der Waals surface area contributed by atoms with Gasteiger partial charge in [-0.25, -0.2) is 0 Å². The molecule has 5 rings (SSSR count). The van der Waals surface area contributed by atoms with E-state index in [0.29, 0.717) is 0 Å². The minimum Gasteiger partial charge on any atom is -0.496 e. The lowest BCUT2D eigenvalue weighted by Gasteiger charge is -2.19. The number of methoxy groups -OCH3 is 2. The standard InChI is InChI=1S/C28H22O2/c1-29-25-17-9-7-15-23(25)28(24-16-8-10-18-26(24)30-2)27-21-13-5-3-11-19(21)20-12-4-6-14-22(20)27/h3-18H,1-2H3. The fraction of sp³-hybridized carbons (Fsp3) is 0.0714. The summed E-state index contributed by atoms with van der Waals surface area (Å²) in [5.41, 5.74) is 9.38. The number of para-hydroxylation sites is 2. The van der Waals surface area contributed by atoms with Crippen molar-refractivity contribution in [3.05, 3.63) is 119 Å². The van der Waals surface area contributed by atoms with Crippen molar-refractivity contribution in [3.63, 3.8) is 0 Å². The van der Waals surface area contributed by atoms with E-state index in [1.807, 2.05) is 24.3 Å². The van der Waals surface area contributed by atoms with Crippen molar-refractivity contribution in [2.24, 2.45) is 0 Å². The first-order valence-corrected chi connectivity index (χ1v) is 10.0. The number of rotatable bonds is 4. The van der Waals surface area contributed by atoms with Crippen LogP contribution in [0.5, 0.6) is 11.5 Å². The molecule has 0 bridgehead atoms. The van der Waals surface area contributed by atoms with E-state index in [-0.39, 0.29) is 0 Å². The Labute approximate surface area is 177 Å². The topological polar surface area (TPSA) is 18.5 Å². The van der Waals surface area contributed by atoms with Crippen LogP contribution in [0.1, 0.15) is 22.3 Å². The van der Waals surface area contributed by atoms with Crippen LogP contribution in [-0.2, 0) is 0 Å². The average Bonchev–Trinajstić information content (AvgIpc) is 3.14. The largest absolute Gasteiger partial charge is 0.496 e. The first kappa shape index (κ1) is 18.3. The molecule has 0 saturated heterocycles. The van der Waals surface area contributed by atoms with Crippen LogP contribution < -0.4 is 9.47 Å². The average molecular weight is 390 g/mol. The summed E-state index contributed by atoms with van der Waals surface area (Å²) in [6.45, 7) is 0. The summed E-state index contributed by atoms with van der Waals surface area (Å²) >= 11 is 0. The molecule has 0 aliphatic heterocycles. The number of fused-ring (bicyclic) bond motifs is 3. The van der Waals surface area contributed by atoms with Gasteiger partial charge in [0.15, 0.2) is 0 Å². The van der Waals surface area contributed by atoms with Crippen LogP contribution in [0.4, 0.5) is 0 Å². The van der Waals surface area contributed by atoms with Gasteiger partial charge in [-0.3, -0.25) is 0 Å². The van der Waals surface area contributed by atoms with E-state index in [2.05, 4.69) is 72.8 Å². The SMILES string of the molecule is COc1ccccc1C(=C1c2ccccc2-c2ccccc21)c1ccccc1OC. The van der Waals surface area contributed by atoms with Crippen LogP contribution in [0, 0.1) is 0 Å². The van der Waals surface area contributed by atoms with E-state index >= 15 is 0 Å². The molecule has 4 aromatic rings. The molecular formula is C28H22O2. The van der Waals surface area contributed by atoms with E-state index in [1.165, 1.54) is 27.8 Å². The van der Waals surface area contributed by atoms with E-state index in [1.54, 1.807) is 14.2 Å². The second-order valence-corrected chi connectivity index (χ2v) is 7.24. The molecule has 146 valence electrons. The molecule has 0 saturated carbocycles. The molecule has 0 atom stereocenters. The maximum atomic E-state index is 5.78. The highest BCUT2D eigenvalue weighted by atomic mass is 16.5. The lowest BCUT2D eigenvalue weighted by molar-refractivity contribution is 0.411. The Bertz CT molecular complexity index is 1170. The third kappa shape index (κ3) is 2.81. The molecule has 30 heavy (non-hydrogen) atoms. The normalized spacial score (nSPS) is 11.6. The molecule has 0 amide bonds. The Hall–Kier alpha value is -3.78. The van der Waals surface area contributed by atoms with Gasteiger partial charge in [-0.05, 0) is 40.0 Å². The summed E-state index contributed by atoms with van der Waals surface area (Å²) in [7, 11) is 3.44. The molecule has 0 unspecified atom stereocenters. The van der Waals surface area contributed by atoms with Gasteiger partial charge in [-0.15, -0.1) is 0 Å². The fourth-order valence-corrected chi connectivity index (χ4v) is 4.40. The second kappa shape index (κ2) is 7.57. The van der Waals surface area contributed by atoms with Gasteiger partial charge in [-0.1, -0.05) is 84.9 Å². The first-order chi connectivity index (χ1) is 14.8. The highest BCUT2D eigenvalue weighted by molar-refractivity contribution is 6.14. The predicted molar refractivity (Wildman–Crippen MR) is 123 cm³/mol. The fourth-order valence-electron chi connectivity index (χ4n) is 4.40. The highest BCUT2D eigenvalue weighted by Gasteiger charge is 2.28. The van der Waals surface area contributed by atoms with E-state index in [9.17, 15) is 0 Å². The van der Waals surface area contributed by atoms with Crippen LogP contribution in [-0.4, -0.2) is 14.2 Å². The molecule has 4 aromatic carbocycles. The number of hydrogen-bond acceptors (Lipinski definition) is 2. The van der Waals surface area contributed by atoms with Crippen molar-refractivity contribution >= 4 is 11.1 Å². The molecule has 1 aliphatic rings. The molecule has 0 radical (unpaired) electrons. The van der Waals surface area contributed by atoms with Crippen LogP contribution >= 0.6 is 0 Å². The first-order valence-electron chi connectivity index (χ1n) is 10.0. The molecule has 0 aromatic heterocycles. The summed E-state index contributed by atoms with van der Waals surface area (Å²) in [4.78, 5) is 0. The Morgan fingerprint density at radius 2 is 0.833 bits per heavy atom. The van der Waals surface area contributed by atoms with Crippen LogP contribution in [0.2, 0.25) is 0 Å². The number of hydrogen-bond donors (Lipinski definition) is 0. The van der Waals surface area contributed by atoms with Crippen molar-refractivity contribution in [1.29, 1.82) is 0 Å². The molecule has 0 heterocycles. The zero-order valence-electron chi connectivity index (χ0n) is 17.1. The van der Waals surface area contributed by atoms with E-state index in [0.717, 1.165) is 28.2 Å². The van der Waals surface area contributed by atoms with Crippen molar-refractivity contribution in [1.82, 2.24) is 0 Å². The number of benzene rings is 4. The summed E-state index contributed by atoms with van der Waals surface area (Å²) in [6, 6.07) is 33.6. The lowest BCUT2D eigenvalue weighted by Crippen LogP contribution is -2.00. The van der Waals surface area contributed by atoms with Crippen molar-refractivity contribution in [2.45, 2.75) is 0 Å². The van der Waals surface area contributed by atoms with Crippen molar-refractivity contribution in [3.8, 4) is 22.6 Å². The van der Waals surface area contributed by atoms with Gasteiger partial charge in [0, 0.05) is 16.7 Å². The van der Waals surface area contributed by atoms with E-state index in [4.69, 9.17) is 9.47 Å². The Morgan fingerprint density at radius 3 is 1.27 bits per heavy atom. The van der Waals surface area contributed by atoms with Crippen LogP contribution in [0.3, 0.4) is 0 Å². The summed E-state index contributed by atoms with van der Waals surface area (Å²) in [5, 5.41) is 0. The lowest BCUT2D eigenvalue weighted by atomic mass is 9.87. The third-order valence-corrected chi connectivity index (χ3v) is 5.69. The van der Waals surface area contributed by atoms with Crippen LogP contribution in [0.15, 0.2) is 97.1 Å². The molecule has 0 spiro atoms. The number of ether oxygens (including phenoxy) is 2. The van der Waals surface area contributed by atoms with Gasteiger partial charge in [0.2, 0.25) is 0 Å². The second-order valence-electron chi connectivity index (χ2n) is 7.24. The van der Waals surface area contributed by atoms with Crippen molar-refractivity contribution in [2.75, 3.05) is 14.2 Å². The Morgan fingerprint density at radius 1 is 0.467 bits per heavy atom. The van der Waals surface area contributed by atoms with Gasteiger partial charge in [0.1, 0.15) is 11.5 Å².